The van der Waals surface area contributed by atoms with Crippen LogP contribution in [0.5, 0.6) is 0 Å². The van der Waals surface area contributed by atoms with Gasteiger partial charge in [0.1, 0.15) is 48.8 Å². The van der Waals surface area contributed by atoms with Crippen LogP contribution in [0.1, 0.15) is 251 Å². The molecule has 14 nitrogen and oxygen atoms in total. The maximum Gasteiger partial charge on any atom is 0.220 e. The van der Waals surface area contributed by atoms with Crippen molar-refractivity contribution < 1.29 is 64.6 Å². The van der Waals surface area contributed by atoms with Crippen LogP contribution in [0, 0.1) is 0 Å². The van der Waals surface area contributed by atoms with Crippen LogP contribution in [0.2, 0.25) is 0 Å². The van der Waals surface area contributed by atoms with Crippen molar-refractivity contribution in [2.24, 2.45) is 0 Å². The van der Waals surface area contributed by atoms with Crippen molar-refractivity contribution in [2.75, 3.05) is 19.8 Å². The van der Waals surface area contributed by atoms with Crippen LogP contribution in [-0.2, 0) is 23.7 Å². The van der Waals surface area contributed by atoms with Crippen molar-refractivity contribution in [3.05, 3.63) is 109 Å². The molecule has 2 rings (SSSR count). The van der Waals surface area contributed by atoms with E-state index in [1.807, 2.05) is 6.08 Å². The fourth-order valence-corrected chi connectivity index (χ4v) is 10.7. The molecule has 0 aromatic heterocycles. The monoisotopic (exact) mass is 1220 g/mol. The van der Waals surface area contributed by atoms with Gasteiger partial charge >= 0.3 is 0 Å². The first-order valence-corrected chi connectivity index (χ1v) is 34.6. The molecule has 0 aliphatic carbocycles. The summed E-state index contributed by atoms with van der Waals surface area (Å²) in [5.41, 5.74) is 0. The first kappa shape index (κ1) is 79.7. The molecule has 0 aromatic carbocycles. The van der Waals surface area contributed by atoms with Gasteiger partial charge in [0.15, 0.2) is 12.6 Å². The second-order valence-electron chi connectivity index (χ2n) is 23.9. The number of rotatable bonds is 55. The highest BCUT2D eigenvalue weighted by molar-refractivity contribution is 5.76. The summed E-state index contributed by atoms with van der Waals surface area (Å²) < 4.78 is 22.8. The second-order valence-corrected chi connectivity index (χ2v) is 23.9. The largest absolute Gasteiger partial charge is 0.394 e. The fraction of sp³-hybridized carbons (Fsp3) is 0.740. The Bertz CT molecular complexity index is 1880. The molecule has 500 valence electrons. The Morgan fingerprint density at radius 3 is 1.22 bits per heavy atom. The standard InChI is InChI=1S/C73H125NO13/c1-3-5-7-9-11-13-15-17-19-21-23-25-27-29-31-33-35-37-39-41-43-45-47-49-51-53-55-57-65(78)74-61(60-84-72-70(83)68(81)71(64(59-76)86-72)87-73-69(82)67(80)66(79)63(58-75)85-73)62(77)56-54-52-50-48-46-44-42-40-38-36-34-32-30-28-26-24-22-20-18-16-14-12-10-8-6-4-2/h5,7,11,13,17,19,23,25,29,31,35,37,41,43,47,49,54,56,61-64,66-73,75-77,79-83H,3-4,6,8-10,12,14-16,18,20-22,24,26-28,30,32-34,36,38-40,42,44-46,48,50-53,55,57-60H2,1-2H3,(H,74,78)/b7-5-,13-11-,19-17-,25-23-,31-29-,37-35-,43-41-,49-47-,56-54+. The number of nitrogens with one attached hydrogen (secondary N) is 1. The Kier molecular flexibility index (Phi) is 51.9. The first-order chi connectivity index (χ1) is 42.6. The van der Waals surface area contributed by atoms with E-state index in [0.717, 1.165) is 83.5 Å². The van der Waals surface area contributed by atoms with E-state index in [-0.39, 0.29) is 18.9 Å². The first-order valence-electron chi connectivity index (χ1n) is 34.6. The molecule has 0 spiro atoms. The molecule has 0 saturated carbocycles. The third-order valence-corrected chi connectivity index (χ3v) is 16.2. The van der Waals surface area contributed by atoms with Gasteiger partial charge in [0.05, 0.1) is 32.0 Å². The van der Waals surface area contributed by atoms with Crippen molar-refractivity contribution in [2.45, 2.75) is 325 Å². The van der Waals surface area contributed by atoms with Gasteiger partial charge in [0.2, 0.25) is 5.91 Å². The summed E-state index contributed by atoms with van der Waals surface area (Å²) in [4.78, 5) is 13.3. The molecular formula is C73H125NO13. The minimum Gasteiger partial charge on any atom is -0.394 e. The van der Waals surface area contributed by atoms with Gasteiger partial charge in [0.25, 0.3) is 0 Å². The number of allylic oxidation sites excluding steroid dienone is 17. The number of unbranched alkanes of at least 4 members (excludes halogenated alkanes) is 26. The lowest BCUT2D eigenvalue weighted by atomic mass is 9.97. The van der Waals surface area contributed by atoms with Gasteiger partial charge in [-0.2, -0.15) is 0 Å². The van der Waals surface area contributed by atoms with E-state index in [2.05, 4.69) is 116 Å². The van der Waals surface area contributed by atoms with Crippen molar-refractivity contribution in [1.82, 2.24) is 5.32 Å². The third kappa shape index (κ3) is 40.9. The molecule has 0 bridgehead atoms. The highest BCUT2D eigenvalue weighted by Gasteiger charge is 2.51. The SMILES string of the molecule is CC/C=C\C/C=C\C/C=C\C/C=C\C/C=C\C/C=C\C/C=C\C/C=C\CCCCC(=O)NC(COC1OC(CO)C(OC2OC(CO)C(O)C(O)C2O)C(O)C1O)C(O)/C=C/CCCCCCCCCCCCCCCCCCCCCCCCCC. The Morgan fingerprint density at radius 1 is 0.425 bits per heavy atom. The molecule has 2 fully saturated rings. The molecule has 1 amide bonds. The molecule has 2 saturated heterocycles. The smallest absolute Gasteiger partial charge is 0.220 e. The molecule has 12 unspecified atom stereocenters. The normalized spacial score (nSPS) is 24.0. The van der Waals surface area contributed by atoms with Crippen LogP contribution in [0.4, 0.5) is 0 Å². The van der Waals surface area contributed by atoms with Gasteiger partial charge in [-0.05, 0) is 83.5 Å². The lowest BCUT2D eigenvalue weighted by Gasteiger charge is -2.46. The maximum atomic E-state index is 13.3. The predicted octanol–water partition coefficient (Wildman–Crippen LogP) is 14.0. The van der Waals surface area contributed by atoms with Gasteiger partial charge in [0, 0.05) is 6.42 Å². The Hall–Kier alpha value is -3.35. The average Bonchev–Trinajstić information content (AvgIpc) is 2.58. The lowest BCUT2D eigenvalue weighted by molar-refractivity contribution is -0.359. The van der Waals surface area contributed by atoms with Crippen molar-refractivity contribution in [3.8, 4) is 0 Å². The van der Waals surface area contributed by atoms with Crippen LogP contribution in [0.25, 0.3) is 0 Å². The Balaban J connectivity index is 1.74. The number of aliphatic hydroxyl groups is 8. The zero-order valence-electron chi connectivity index (χ0n) is 54.2. The van der Waals surface area contributed by atoms with E-state index in [0.29, 0.717) is 6.42 Å². The summed E-state index contributed by atoms with van der Waals surface area (Å²) in [5, 5.41) is 87.4. The predicted molar refractivity (Wildman–Crippen MR) is 355 cm³/mol. The number of ether oxygens (including phenoxy) is 4. The van der Waals surface area contributed by atoms with Gasteiger partial charge in [-0.15, -0.1) is 0 Å². The Labute approximate surface area is 527 Å². The van der Waals surface area contributed by atoms with Crippen LogP contribution >= 0.6 is 0 Å². The second kappa shape index (κ2) is 56.6. The topological polar surface area (TPSA) is 228 Å². The molecule has 2 aliphatic rings. The molecule has 2 heterocycles. The highest BCUT2D eigenvalue weighted by atomic mass is 16.7. The van der Waals surface area contributed by atoms with E-state index in [4.69, 9.17) is 18.9 Å². The minimum atomic E-state index is -1.80. The van der Waals surface area contributed by atoms with Gasteiger partial charge in [-0.3, -0.25) is 4.79 Å². The van der Waals surface area contributed by atoms with Gasteiger partial charge < -0.3 is 65.1 Å². The molecule has 14 heteroatoms. The number of hydrogen-bond donors (Lipinski definition) is 9. The van der Waals surface area contributed by atoms with Crippen molar-refractivity contribution >= 4 is 5.91 Å². The lowest BCUT2D eigenvalue weighted by Crippen LogP contribution is -2.65. The van der Waals surface area contributed by atoms with E-state index < -0.39 is 86.8 Å². The van der Waals surface area contributed by atoms with Gasteiger partial charge in [-0.25, -0.2) is 0 Å². The molecule has 9 N–H and O–H groups in total. The fourth-order valence-electron chi connectivity index (χ4n) is 10.7. The number of carbonyl (C=O) groups excluding carboxylic acids is 1. The molecule has 87 heavy (non-hydrogen) atoms. The van der Waals surface area contributed by atoms with Crippen LogP contribution in [0.3, 0.4) is 0 Å². The average molecular weight is 1220 g/mol. The summed E-state index contributed by atoms with van der Waals surface area (Å²) in [5.74, 6) is -0.284. The minimum absolute atomic E-state index is 0.219. The van der Waals surface area contributed by atoms with E-state index in [1.165, 1.54) is 141 Å². The Morgan fingerprint density at radius 2 is 0.793 bits per heavy atom. The quantitative estimate of drug-likeness (QED) is 0.0204. The molecule has 0 aromatic rings. The van der Waals surface area contributed by atoms with Gasteiger partial charge in [-0.1, -0.05) is 271 Å². The van der Waals surface area contributed by atoms with Crippen molar-refractivity contribution in [3.63, 3.8) is 0 Å². The molecule has 2 aliphatic heterocycles. The number of hydrogen-bond acceptors (Lipinski definition) is 13. The maximum absolute atomic E-state index is 13.3. The molecular weight excluding hydrogens is 1100 g/mol. The summed E-state index contributed by atoms with van der Waals surface area (Å²) >= 11 is 0. The number of aliphatic hydroxyl groups excluding tert-OH is 8. The zero-order valence-corrected chi connectivity index (χ0v) is 54.2. The number of amides is 1. The highest BCUT2D eigenvalue weighted by Crippen LogP contribution is 2.30. The van der Waals surface area contributed by atoms with Crippen LogP contribution in [-0.4, -0.2) is 140 Å². The molecule has 12 atom stereocenters. The third-order valence-electron chi connectivity index (χ3n) is 16.2. The van der Waals surface area contributed by atoms with Crippen LogP contribution < -0.4 is 5.32 Å². The zero-order chi connectivity index (χ0) is 63.1. The summed E-state index contributed by atoms with van der Waals surface area (Å²) in [7, 11) is 0. The number of carbonyl (C=O) groups is 1. The molecule has 0 radical (unpaired) electrons. The van der Waals surface area contributed by atoms with E-state index in [1.54, 1.807) is 6.08 Å². The van der Waals surface area contributed by atoms with E-state index in [9.17, 15) is 45.6 Å². The summed E-state index contributed by atoms with van der Waals surface area (Å²) in [6.07, 6.45) is 64.2. The summed E-state index contributed by atoms with van der Waals surface area (Å²) in [6.45, 7) is 2.67. The summed E-state index contributed by atoms with van der Waals surface area (Å²) in [6, 6.07) is -0.948. The van der Waals surface area contributed by atoms with E-state index >= 15 is 0 Å². The van der Waals surface area contributed by atoms with Crippen molar-refractivity contribution in [1.29, 1.82) is 0 Å². The van der Waals surface area contributed by atoms with Crippen LogP contribution in [0.15, 0.2) is 109 Å².